The Morgan fingerprint density at radius 3 is 2.56 bits per heavy atom. The van der Waals surface area contributed by atoms with E-state index in [9.17, 15) is 9.59 Å². The lowest BCUT2D eigenvalue weighted by molar-refractivity contribution is 0.0780. The summed E-state index contributed by atoms with van der Waals surface area (Å²) in [6.45, 7) is 1.54. The standard InChI is InChI=1S/C19H24N4O2/c24-18(20-14-8-2-1-3-9-14)16-15-10-4-5-13-23(15)17(21-16)19(25)22-11-6-7-12-22/h4-5,10,13-14H,1-3,6-9,11-12H2,(H,20,24). The first-order valence-electron chi connectivity index (χ1n) is 9.31. The molecule has 0 atom stereocenters. The zero-order valence-electron chi connectivity index (χ0n) is 14.4. The molecule has 0 radical (unpaired) electrons. The van der Waals surface area contributed by atoms with Gasteiger partial charge in [0.1, 0.15) is 0 Å². The Labute approximate surface area is 147 Å². The summed E-state index contributed by atoms with van der Waals surface area (Å²) in [5.41, 5.74) is 1.05. The minimum atomic E-state index is -0.170. The van der Waals surface area contributed by atoms with E-state index in [4.69, 9.17) is 0 Å². The number of pyridine rings is 1. The summed E-state index contributed by atoms with van der Waals surface area (Å²) >= 11 is 0. The largest absolute Gasteiger partial charge is 0.348 e. The number of carbonyl (C=O) groups is 2. The first-order chi connectivity index (χ1) is 12.2. The first-order valence-corrected chi connectivity index (χ1v) is 9.31. The van der Waals surface area contributed by atoms with Gasteiger partial charge in [-0.3, -0.25) is 14.0 Å². The number of amides is 2. The van der Waals surface area contributed by atoms with E-state index in [1.54, 1.807) is 4.40 Å². The number of fused-ring (bicyclic) bond motifs is 1. The number of aromatic nitrogens is 2. The second-order valence-corrected chi connectivity index (χ2v) is 7.05. The molecule has 0 aromatic carbocycles. The van der Waals surface area contributed by atoms with Gasteiger partial charge in [0.05, 0.1) is 5.52 Å². The number of rotatable bonds is 3. The van der Waals surface area contributed by atoms with Crippen LogP contribution in [0.5, 0.6) is 0 Å². The van der Waals surface area contributed by atoms with E-state index in [1.165, 1.54) is 6.42 Å². The van der Waals surface area contributed by atoms with E-state index in [0.29, 0.717) is 17.0 Å². The maximum absolute atomic E-state index is 12.8. The van der Waals surface area contributed by atoms with E-state index in [1.807, 2.05) is 29.3 Å². The fourth-order valence-corrected chi connectivity index (χ4v) is 3.92. The third kappa shape index (κ3) is 3.13. The van der Waals surface area contributed by atoms with Gasteiger partial charge in [-0.1, -0.05) is 25.3 Å². The van der Waals surface area contributed by atoms with Crippen molar-refractivity contribution >= 4 is 17.3 Å². The summed E-state index contributed by atoms with van der Waals surface area (Å²) in [6.07, 6.45) is 9.49. The summed E-state index contributed by atoms with van der Waals surface area (Å²) in [5.74, 6) is 0.0813. The van der Waals surface area contributed by atoms with Gasteiger partial charge in [0.2, 0.25) is 5.82 Å². The highest BCUT2D eigenvalue weighted by Gasteiger charge is 2.27. The monoisotopic (exact) mass is 340 g/mol. The molecule has 2 aliphatic rings. The fourth-order valence-electron chi connectivity index (χ4n) is 3.92. The number of nitrogens with zero attached hydrogens (tertiary/aromatic N) is 3. The van der Waals surface area contributed by atoms with Gasteiger partial charge in [-0.05, 0) is 37.8 Å². The Balaban J connectivity index is 1.64. The molecule has 1 aliphatic carbocycles. The van der Waals surface area contributed by atoms with Gasteiger partial charge in [0.25, 0.3) is 11.8 Å². The van der Waals surface area contributed by atoms with Crippen molar-refractivity contribution in [2.45, 2.75) is 51.0 Å². The van der Waals surface area contributed by atoms with E-state index in [0.717, 1.165) is 51.6 Å². The molecular formula is C19H24N4O2. The van der Waals surface area contributed by atoms with Crippen molar-refractivity contribution in [2.24, 2.45) is 0 Å². The molecule has 1 aliphatic heterocycles. The van der Waals surface area contributed by atoms with Gasteiger partial charge in [-0.25, -0.2) is 4.98 Å². The number of imidazole rings is 1. The molecule has 4 rings (SSSR count). The van der Waals surface area contributed by atoms with Crippen LogP contribution in [0, 0.1) is 0 Å². The molecule has 0 spiro atoms. The Kier molecular flexibility index (Phi) is 4.42. The topological polar surface area (TPSA) is 66.7 Å². The van der Waals surface area contributed by atoms with Crippen molar-refractivity contribution in [1.82, 2.24) is 19.6 Å². The Morgan fingerprint density at radius 1 is 1.04 bits per heavy atom. The average Bonchev–Trinajstić information content (AvgIpc) is 3.30. The highest BCUT2D eigenvalue weighted by molar-refractivity contribution is 6.02. The molecule has 1 N–H and O–H groups in total. The fraction of sp³-hybridized carbons (Fsp3) is 0.526. The van der Waals surface area contributed by atoms with Gasteiger partial charge in [-0.15, -0.1) is 0 Å². The lowest BCUT2D eigenvalue weighted by atomic mass is 9.95. The third-order valence-corrected chi connectivity index (χ3v) is 5.29. The molecule has 0 bridgehead atoms. The molecule has 1 saturated carbocycles. The molecule has 2 aromatic rings. The predicted molar refractivity (Wildman–Crippen MR) is 94.7 cm³/mol. The van der Waals surface area contributed by atoms with Crippen LogP contribution in [0.4, 0.5) is 0 Å². The number of hydrogen-bond donors (Lipinski definition) is 1. The number of nitrogens with one attached hydrogen (secondary N) is 1. The highest BCUT2D eigenvalue weighted by Crippen LogP contribution is 2.20. The molecule has 2 aromatic heterocycles. The summed E-state index contributed by atoms with van der Waals surface area (Å²) in [5, 5.41) is 3.11. The Bertz CT molecular complexity index is 786. The summed E-state index contributed by atoms with van der Waals surface area (Å²) in [6, 6.07) is 5.81. The highest BCUT2D eigenvalue weighted by atomic mass is 16.2. The molecule has 0 unspecified atom stereocenters. The Hall–Kier alpha value is -2.37. The molecule has 3 heterocycles. The van der Waals surface area contributed by atoms with Crippen LogP contribution < -0.4 is 5.32 Å². The van der Waals surface area contributed by atoms with Gasteiger partial charge in [0.15, 0.2) is 5.69 Å². The van der Waals surface area contributed by atoms with Crippen molar-refractivity contribution in [3.05, 3.63) is 35.9 Å². The lowest BCUT2D eigenvalue weighted by Crippen LogP contribution is -2.36. The van der Waals surface area contributed by atoms with Crippen molar-refractivity contribution in [1.29, 1.82) is 0 Å². The SMILES string of the molecule is O=C(NC1CCCCC1)c1nc(C(=O)N2CCCC2)n2ccccc12. The molecule has 25 heavy (non-hydrogen) atoms. The molecule has 2 fully saturated rings. The van der Waals surface area contributed by atoms with Crippen LogP contribution >= 0.6 is 0 Å². The summed E-state index contributed by atoms with van der Waals surface area (Å²) < 4.78 is 1.75. The van der Waals surface area contributed by atoms with Crippen LogP contribution in [0.3, 0.4) is 0 Å². The van der Waals surface area contributed by atoms with Gasteiger partial charge in [0, 0.05) is 25.3 Å². The molecular weight excluding hydrogens is 316 g/mol. The predicted octanol–water partition coefficient (Wildman–Crippen LogP) is 2.63. The lowest BCUT2D eigenvalue weighted by Gasteiger charge is -2.22. The normalized spacial score (nSPS) is 18.6. The van der Waals surface area contributed by atoms with Crippen LogP contribution in [0.2, 0.25) is 0 Å². The average molecular weight is 340 g/mol. The van der Waals surface area contributed by atoms with Crippen LogP contribution in [0.15, 0.2) is 24.4 Å². The minimum absolute atomic E-state index is 0.0876. The minimum Gasteiger partial charge on any atom is -0.348 e. The van der Waals surface area contributed by atoms with Gasteiger partial charge >= 0.3 is 0 Å². The van der Waals surface area contributed by atoms with E-state index < -0.39 is 0 Å². The van der Waals surface area contributed by atoms with E-state index >= 15 is 0 Å². The molecule has 1 saturated heterocycles. The molecule has 6 nitrogen and oxygen atoms in total. The maximum Gasteiger partial charge on any atom is 0.290 e. The zero-order chi connectivity index (χ0) is 17.2. The van der Waals surface area contributed by atoms with Crippen LogP contribution in [-0.2, 0) is 0 Å². The first kappa shape index (κ1) is 16.1. The second-order valence-electron chi connectivity index (χ2n) is 7.05. The Morgan fingerprint density at radius 2 is 1.80 bits per heavy atom. The summed E-state index contributed by atoms with van der Waals surface area (Å²) in [7, 11) is 0. The van der Waals surface area contributed by atoms with E-state index in [2.05, 4.69) is 10.3 Å². The molecule has 6 heteroatoms. The van der Waals surface area contributed by atoms with Crippen LogP contribution in [0.1, 0.15) is 66.1 Å². The van der Waals surface area contributed by atoms with Crippen LogP contribution in [0.25, 0.3) is 5.52 Å². The van der Waals surface area contributed by atoms with Gasteiger partial charge in [-0.2, -0.15) is 0 Å². The maximum atomic E-state index is 12.8. The van der Waals surface area contributed by atoms with Crippen LogP contribution in [-0.4, -0.2) is 45.2 Å². The van der Waals surface area contributed by atoms with Crippen molar-refractivity contribution in [2.75, 3.05) is 13.1 Å². The van der Waals surface area contributed by atoms with E-state index in [-0.39, 0.29) is 17.9 Å². The van der Waals surface area contributed by atoms with Crippen molar-refractivity contribution in [3.63, 3.8) is 0 Å². The third-order valence-electron chi connectivity index (χ3n) is 5.29. The number of likely N-dealkylation sites (tertiary alicyclic amines) is 1. The quantitative estimate of drug-likeness (QED) is 0.934. The van der Waals surface area contributed by atoms with Gasteiger partial charge < -0.3 is 10.2 Å². The number of carbonyl (C=O) groups excluding carboxylic acids is 2. The zero-order valence-corrected chi connectivity index (χ0v) is 14.4. The molecule has 2 amide bonds. The van der Waals surface area contributed by atoms with Crippen molar-refractivity contribution < 1.29 is 9.59 Å². The smallest absolute Gasteiger partial charge is 0.290 e. The summed E-state index contributed by atoms with van der Waals surface area (Å²) in [4.78, 5) is 31.9. The number of hydrogen-bond acceptors (Lipinski definition) is 3. The van der Waals surface area contributed by atoms with Crippen molar-refractivity contribution in [3.8, 4) is 0 Å². The molecule has 132 valence electrons. The second kappa shape index (κ2) is 6.86.